The van der Waals surface area contributed by atoms with Gasteiger partial charge in [-0.3, -0.25) is 4.79 Å². The van der Waals surface area contributed by atoms with Crippen molar-refractivity contribution in [3.05, 3.63) is 28.8 Å². The zero-order valence-electron chi connectivity index (χ0n) is 11.3. The lowest BCUT2D eigenvalue weighted by molar-refractivity contribution is -0.152. The zero-order valence-corrected chi connectivity index (χ0v) is 12.0. The highest BCUT2D eigenvalue weighted by Gasteiger charge is 2.34. The first-order valence-electron chi connectivity index (χ1n) is 5.82. The van der Waals surface area contributed by atoms with Crippen LogP contribution in [0.2, 0.25) is 5.02 Å². The van der Waals surface area contributed by atoms with Crippen LogP contribution >= 0.6 is 11.6 Å². The number of carbonyl (C=O) groups is 1. The smallest absolute Gasteiger partial charge is 0.418 e. The van der Waals surface area contributed by atoms with Crippen molar-refractivity contribution in [3.8, 4) is 0 Å². The Morgan fingerprint density at radius 2 is 1.90 bits per heavy atom. The van der Waals surface area contributed by atoms with Crippen molar-refractivity contribution in [3.63, 3.8) is 0 Å². The molecule has 1 aromatic carbocycles. The van der Waals surface area contributed by atoms with Gasteiger partial charge >= 0.3 is 12.1 Å². The van der Waals surface area contributed by atoms with Gasteiger partial charge in [0, 0.05) is 0 Å². The van der Waals surface area contributed by atoms with Crippen LogP contribution in [0.5, 0.6) is 0 Å². The second-order valence-corrected chi connectivity index (χ2v) is 5.51. The van der Waals surface area contributed by atoms with Gasteiger partial charge in [0.05, 0.1) is 16.3 Å². The third kappa shape index (κ3) is 4.92. The van der Waals surface area contributed by atoms with Gasteiger partial charge in [-0.1, -0.05) is 17.7 Å². The van der Waals surface area contributed by atoms with Crippen molar-refractivity contribution in [1.82, 2.24) is 0 Å². The van der Waals surface area contributed by atoms with E-state index in [9.17, 15) is 18.0 Å². The van der Waals surface area contributed by atoms with Gasteiger partial charge in [0.2, 0.25) is 0 Å². The fourth-order valence-corrected chi connectivity index (χ4v) is 1.72. The predicted octanol–water partition coefficient (Wildman–Crippen LogP) is 4.11. The molecule has 0 atom stereocenters. The van der Waals surface area contributed by atoms with E-state index in [-0.39, 0.29) is 10.7 Å². The Morgan fingerprint density at radius 1 is 1.30 bits per heavy atom. The third-order valence-electron chi connectivity index (χ3n) is 2.15. The number of alkyl halides is 3. The van der Waals surface area contributed by atoms with Gasteiger partial charge in [-0.05, 0) is 32.9 Å². The summed E-state index contributed by atoms with van der Waals surface area (Å²) < 4.78 is 43.4. The highest BCUT2D eigenvalue weighted by Crippen LogP contribution is 2.38. The maximum absolute atomic E-state index is 12.8. The van der Waals surface area contributed by atoms with Crippen LogP contribution in [0.25, 0.3) is 0 Å². The Labute approximate surface area is 120 Å². The third-order valence-corrected chi connectivity index (χ3v) is 2.46. The summed E-state index contributed by atoms with van der Waals surface area (Å²) in [6.07, 6.45) is -4.55. The number of nitrogens with one attached hydrogen (secondary N) is 1. The van der Waals surface area contributed by atoms with Crippen LogP contribution in [0.4, 0.5) is 18.9 Å². The van der Waals surface area contributed by atoms with Crippen LogP contribution in [0, 0.1) is 0 Å². The lowest BCUT2D eigenvalue weighted by Crippen LogP contribution is -2.28. The average Bonchev–Trinajstić information content (AvgIpc) is 2.23. The molecule has 0 bridgehead atoms. The lowest BCUT2D eigenvalue weighted by Gasteiger charge is -2.20. The molecule has 0 aliphatic carbocycles. The van der Waals surface area contributed by atoms with Crippen molar-refractivity contribution in [2.24, 2.45) is 0 Å². The number of carbonyl (C=O) groups excluding carboxylic acids is 1. The van der Waals surface area contributed by atoms with Crippen molar-refractivity contribution < 1.29 is 22.7 Å². The van der Waals surface area contributed by atoms with Crippen molar-refractivity contribution in [1.29, 1.82) is 0 Å². The standard InChI is InChI=1S/C13H15ClF3NO2/c1-12(2,3)20-10(19)7-18-11-8(13(15,16)17)5-4-6-9(11)14/h4-6,18H,7H2,1-3H3. The quantitative estimate of drug-likeness (QED) is 0.854. The van der Waals surface area contributed by atoms with E-state index >= 15 is 0 Å². The molecule has 0 aliphatic heterocycles. The highest BCUT2D eigenvalue weighted by atomic mass is 35.5. The van der Waals surface area contributed by atoms with Crippen molar-refractivity contribution in [2.45, 2.75) is 32.5 Å². The summed E-state index contributed by atoms with van der Waals surface area (Å²) in [7, 11) is 0. The topological polar surface area (TPSA) is 38.3 Å². The SMILES string of the molecule is CC(C)(C)OC(=O)CNc1c(Cl)cccc1C(F)(F)F. The van der Waals surface area contributed by atoms with Crippen molar-refractivity contribution in [2.75, 3.05) is 11.9 Å². The number of rotatable bonds is 3. The number of hydrogen-bond acceptors (Lipinski definition) is 3. The summed E-state index contributed by atoms with van der Waals surface area (Å²) >= 11 is 5.74. The molecular formula is C13H15ClF3NO2. The van der Waals surface area contributed by atoms with E-state index in [1.54, 1.807) is 20.8 Å². The molecule has 1 N–H and O–H groups in total. The summed E-state index contributed by atoms with van der Waals surface area (Å²) in [6.45, 7) is 4.61. The molecule has 7 heteroatoms. The monoisotopic (exact) mass is 309 g/mol. The second-order valence-electron chi connectivity index (χ2n) is 5.10. The fourth-order valence-electron chi connectivity index (χ4n) is 1.48. The van der Waals surface area contributed by atoms with Gasteiger partial charge in [-0.15, -0.1) is 0 Å². The number of halogens is 4. The number of anilines is 1. The molecule has 1 rings (SSSR count). The van der Waals surface area contributed by atoms with Gasteiger partial charge in [-0.25, -0.2) is 0 Å². The summed E-state index contributed by atoms with van der Waals surface area (Å²) in [6, 6.07) is 3.40. The summed E-state index contributed by atoms with van der Waals surface area (Å²) in [4.78, 5) is 11.5. The first-order chi connectivity index (χ1) is 9.00. The van der Waals surface area contributed by atoms with Crippen LogP contribution in [0.15, 0.2) is 18.2 Å². The Balaban J connectivity index is 2.86. The minimum Gasteiger partial charge on any atom is -0.459 e. The molecule has 0 heterocycles. The van der Waals surface area contributed by atoms with Crippen LogP contribution in [-0.4, -0.2) is 18.1 Å². The molecule has 20 heavy (non-hydrogen) atoms. The summed E-state index contributed by atoms with van der Waals surface area (Å²) in [5.41, 5.74) is -1.95. The lowest BCUT2D eigenvalue weighted by atomic mass is 10.1. The van der Waals surface area contributed by atoms with Gasteiger partial charge in [0.1, 0.15) is 12.1 Å². The van der Waals surface area contributed by atoms with E-state index in [0.717, 1.165) is 6.07 Å². The molecule has 0 fully saturated rings. The molecule has 0 unspecified atom stereocenters. The molecule has 0 amide bonds. The number of para-hydroxylation sites is 1. The van der Waals surface area contributed by atoms with Crippen molar-refractivity contribution >= 4 is 23.3 Å². The van der Waals surface area contributed by atoms with E-state index in [1.807, 2.05) is 0 Å². The molecule has 3 nitrogen and oxygen atoms in total. The fraction of sp³-hybridized carbons (Fsp3) is 0.462. The molecule has 112 valence electrons. The van der Waals surface area contributed by atoms with Crippen LogP contribution < -0.4 is 5.32 Å². The summed E-state index contributed by atoms with van der Waals surface area (Å²) in [5, 5.41) is 2.28. The molecule has 0 saturated carbocycles. The van der Waals surface area contributed by atoms with E-state index in [4.69, 9.17) is 16.3 Å². The Morgan fingerprint density at radius 3 is 2.40 bits per heavy atom. The summed E-state index contributed by atoms with van der Waals surface area (Å²) in [5.74, 6) is -0.662. The van der Waals surface area contributed by atoms with Gasteiger partial charge in [0.25, 0.3) is 0 Å². The number of ether oxygens (including phenoxy) is 1. The average molecular weight is 310 g/mol. The van der Waals surface area contributed by atoms with Gasteiger partial charge in [0.15, 0.2) is 0 Å². The van der Waals surface area contributed by atoms with E-state index < -0.39 is 29.9 Å². The minimum absolute atomic E-state index is 0.108. The van der Waals surface area contributed by atoms with E-state index in [1.165, 1.54) is 12.1 Å². The molecule has 0 spiro atoms. The van der Waals surface area contributed by atoms with Crippen LogP contribution in [0.1, 0.15) is 26.3 Å². The predicted molar refractivity (Wildman–Crippen MR) is 70.8 cm³/mol. The van der Waals surface area contributed by atoms with E-state index in [2.05, 4.69) is 5.32 Å². The molecule has 1 aromatic rings. The number of hydrogen-bond donors (Lipinski definition) is 1. The normalized spacial score (nSPS) is 12.2. The molecule has 0 aliphatic rings. The van der Waals surface area contributed by atoms with Crippen LogP contribution in [0.3, 0.4) is 0 Å². The van der Waals surface area contributed by atoms with E-state index in [0.29, 0.717) is 0 Å². The maximum atomic E-state index is 12.8. The number of esters is 1. The Bertz CT molecular complexity index is 495. The maximum Gasteiger partial charge on any atom is 0.418 e. The molecular weight excluding hydrogens is 295 g/mol. The van der Waals surface area contributed by atoms with Crippen LogP contribution in [-0.2, 0) is 15.7 Å². The second kappa shape index (κ2) is 5.91. The molecule has 0 radical (unpaired) electrons. The highest BCUT2D eigenvalue weighted by molar-refractivity contribution is 6.33. The molecule has 0 aromatic heterocycles. The molecule has 0 saturated heterocycles. The Hall–Kier alpha value is -1.43. The van der Waals surface area contributed by atoms with Gasteiger partial charge in [-0.2, -0.15) is 13.2 Å². The minimum atomic E-state index is -4.55. The zero-order chi connectivity index (χ0) is 15.6. The first kappa shape index (κ1) is 16.6. The number of benzene rings is 1. The Kier molecular flexibility index (Phi) is 4.91. The largest absolute Gasteiger partial charge is 0.459 e. The first-order valence-corrected chi connectivity index (χ1v) is 6.20. The van der Waals surface area contributed by atoms with Gasteiger partial charge < -0.3 is 10.1 Å².